The molecule has 0 saturated heterocycles. The first-order valence-corrected chi connectivity index (χ1v) is 11.6. The summed E-state index contributed by atoms with van der Waals surface area (Å²) >= 11 is 0. The van der Waals surface area contributed by atoms with Crippen LogP contribution in [0.1, 0.15) is 85.5 Å². The van der Waals surface area contributed by atoms with Crippen LogP contribution >= 0.6 is 0 Å². The maximum atomic E-state index is 12.7. The summed E-state index contributed by atoms with van der Waals surface area (Å²) in [7, 11) is -3.23. The number of rotatable bonds is 5. The van der Waals surface area contributed by atoms with Crippen LogP contribution in [-0.2, 0) is 22.0 Å². The number of hydrogen-bond acceptors (Lipinski definition) is 3. The fraction of sp³-hybridized carbons (Fsp3) is 0.458. The van der Waals surface area contributed by atoms with Crippen LogP contribution in [0, 0.1) is 0 Å². The van der Waals surface area contributed by atoms with Crippen LogP contribution in [0.3, 0.4) is 0 Å². The van der Waals surface area contributed by atoms with Gasteiger partial charge in [0.15, 0.2) is 15.6 Å². The predicted molar refractivity (Wildman–Crippen MR) is 115 cm³/mol. The zero-order valence-corrected chi connectivity index (χ0v) is 18.3. The van der Waals surface area contributed by atoms with Crippen molar-refractivity contribution in [3.63, 3.8) is 0 Å². The number of sulfone groups is 1. The van der Waals surface area contributed by atoms with E-state index in [1.165, 1.54) is 17.5 Å². The zero-order chi connectivity index (χ0) is 20.7. The number of Topliss-reactive ketones (excluding diaryl/α,β-unsaturated/α-hetero) is 1. The third-order valence-corrected chi connectivity index (χ3v) is 8.43. The van der Waals surface area contributed by atoms with E-state index < -0.39 is 14.6 Å². The first-order valence-electron chi connectivity index (χ1n) is 9.95. The van der Waals surface area contributed by atoms with Gasteiger partial charge in [-0.25, -0.2) is 8.42 Å². The van der Waals surface area contributed by atoms with Crippen molar-refractivity contribution >= 4 is 15.6 Å². The summed E-state index contributed by atoms with van der Waals surface area (Å²) in [4.78, 5) is 12.7. The summed E-state index contributed by atoms with van der Waals surface area (Å²) in [5.74, 6) is 1.19. The Morgan fingerprint density at radius 1 is 0.929 bits per heavy atom. The lowest BCUT2D eigenvalue weighted by Gasteiger charge is -2.19. The highest BCUT2D eigenvalue weighted by Gasteiger charge is 2.29. The van der Waals surface area contributed by atoms with E-state index in [0.717, 1.165) is 5.56 Å². The van der Waals surface area contributed by atoms with E-state index in [4.69, 9.17) is 0 Å². The molecule has 0 spiro atoms. The summed E-state index contributed by atoms with van der Waals surface area (Å²) in [5, 5.41) is 0. The second-order valence-corrected chi connectivity index (χ2v) is 11.9. The molecule has 2 atom stereocenters. The molecule has 150 valence electrons. The van der Waals surface area contributed by atoms with Gasteiger partial charge in [0, 0.05) is 12.0 Å². The minimum atomic E-state index is -3.23. The molecule has 3 rings (SSSR count). The minimum absolute atomic E-state index is 0.00807. The summed E-state index contributed by atoms with van der Waals surface area (Å²) in [6, 6.07) is 13.4. The average molecular weight is 399 g/mol. The molecular weight excluding hydrogens is 368 g/mol. The minimum Gasteiger partial charge on any atom is -0.294 e. The monoisotopic (exact) mass is 398 g/mol. The van der Waals surface area contributed by atoms with Gasteiger partial charge in [0.1, 0.15) is 0 Å². The van der Waals surface area contributed by atoms with Gasteiger partial charge in [-0.3, -0.25) is 4.79 Å². The Bertz CT molecular complexity index is 980. The van der Waals surface area contributed by atoms with Gasteiger partial charge < -0.3 is 0 Å². The molecule has 0 amide bonds. The van der Waals surface area contributed by atoms with E-state index in [-0.39, 0.29) is 11.5 Å². The molecule has 0 aromatic heterocycles. The Kier molecular flexibility index (Phi) is 5.55. The Balaban J connectivity index is 1.72. The van der Waals surface area contributed by atoms with Crippen molar-refractivity contribution in [3.05, 3.63) is 70.3 Å². The largest absolute Gasteiger partial charge is 0.294 e. The maximum Gasteiger partial charge on any atom is 0.167 e. The second kappa shape index (κ2) is 7.47. The molecule has 1 aliphatic rings. The average Bonchev–Trinajstić information content (AvgIpc) is 2.88. The SMILES string of the molecule is CC1CC(C)c2cc(CC(=O)c3ccc(CS(=O)(=O)C(C)(C)C)cc3)ccc21. The van der Waals surface area contributed by atoms with Crippen LogP contribution in [0.15, 0.2) is 42.5 Å². The molecule has 0 aliphatic heterocycles. The summed E-state index contributed by atoms with van der Waals surface area (Å²) < 4.78 is 23.9. The van der Waals surface area contributed by atoms with E-state index in [9.17, 15) is 13.2 Å². The standard InChI is InChI=1S/C24H30O3S/c1-16-12-17(2)22-13-19(8-11-21(16)22)14-23(25)20-9-6-18(7-10-20)15-28(26,27)24(3,4)5/h6-11,13,16-17H,12,14-15H2,1-5H3. The molecule has 0 N–H and O–H groups in total. The fourth-order valence-electron chi connectivity index (χ4n) is 3.90. The zero-order valence-electron chi connectivity index (χ0n) is 17.5. The molecular formula is C24H30O3S. The number of fused-ring (bicyclic) bond motifs is 1. The molecule has 2 aromatic rings. The molecule has 0 bridgehead atoms. The topological polar surface area (TPSA) is 51.2 Å². The molecule has 0 saturated carbocycles. The van der Waals surface area contributed by atoms with Gasteiger partial charge in [0.05, 0.1) is 10.5 Å². The van der Waals surface area contributed by atoms with E-state index in [1.807, 2.05) is 0 Å². The van der Waals surface area contributed by atoms with Crippen LogP contribution in [-0.4, -0.2) is 18.9 Å². The first-order chi connectivity index (χ1) is 13.0. The van der Waals surface area contributed by atoms with Gasteiger partial charge >= 0.3 is 0 Å². The van der Waals surface area contributed by atoms with Gasteiger partial charge in [0.25, 0.3) is 0 Å². The van der Waals surface area contributed by atoms with E-state index >= 15 is 0 Å². The van der Waals surface area contributed by atoms with Gasteiger partial charge in [0.2, 0.25) is 0 Å². The predicted octanol–water partition coefficient (Wildman–Crippen LogP) is 5.44. The molecule has 2 unspecified atom stereocenters. The van der Waals surface area contributed by atoms with Crippen molar-refractivity contribution in [1.29, 1.82) is 0 Å². The van der Waals surface area contributed by atoms with Gasteiger partial charge in [-0.1, -0.05) is 56.3 Å². The third-order valence-electron chi connectivity index (χ3n) is 5.85. The smallest absolute Gasteiger partial charge is 0.167 e. The van der Waals surface area contributed by atoms with Gasteiger partial charge in [-0.15, -0.1) is 0 Å². The van der Waals surface area contributed by atoms with Crippen molar-refractivity contribution in [1.82, 2.24) is 0 Å². The van der Waals surface area contributed by atoms with Crippen molar-refractivity contribution < 1.29 is 13.2 Å². The lowest BCUT2D eigenvalue weighted by atomic mass is 9.96. The summed E-state index contributed by atoms with van der Waals surface area (Å²) in [6.07, 6.45) is 1.54. The van der Waals surface area contributed by atoms with E-state index in [1.54, 1.807) is 45.0 Å². The van der Waals surface area contributed by atoms with Crippen molar-refractivity contribution in [2.75, 3.05) is 0 Å². The van der Waals surface area contributed by atoms with E-state index in [0.29, 0.717) is 29.4 Å². The number of hydrogen-bond donors (Lipinski definition) is 0. The van der Waals surface area contributed by atoms with Crippen LogP contribution in [0.25, 0.3) is 0 Å². The van der Waals surface area contributed by atoms with Crippen molar-refractivity contribution in [3.8, 4) is 0 Å². The fourth-order valence-corrected chi connectivity index (χ4v) is 4.97. The molecule has 2 aromatic carbocycles. The number of carbonyl (C=O) groups excluding carboxylic acids is 1. The van der Waals surface area contributed by atoms with Crippen LogP contribution in [0.4, 0.5) is 0 Å². The molecule has 3 nitrogen and oxygen atoms in total. The summed E-state index contributed by atoms with van der Waals surface area (Å²) in [5.41, 5.74) is 5.17. The maximum absolute atomic E-state index is 12.7. The van der Waals surface area contributed by atoms with Gasteiger partial charge in [-0.05, 0) is 61.3 Å². The lowest BCUT2D eigenvalue weighted by molar-refractivity contribution is 0.0993. The van der Waals surface area contributed by atoms with Crippen molar-refractivity contribution in [2.45, 2.75) is 69.8 Å². The Morgan fingerprint density at radius 3 is 2.11 bits per heavy atom. The molecule has 1 aliphatic carbocycles. The van der Waals surface area contributed by atoms with Crippen LogP contribution in [0.2, 0.25) is 0 Å². The molecule has 0 radical (unpaired) electrons. The van der Waals surface area contributed by atoms with Gasteiger partial charge in [-0.2, -0.15) is 0 Å². The number of benzene rings is 2. The highest BCUT2D eigenvalue weighted by Crippen LogP contribution is 2.41. The second-order valence-electron chi connectivity index (χ2n) is 9.17. The highest BCUT2D eigenvalue weighted by atomic mass is 32.2. The number of ketones is 1. The Labute approximate surface area is 169 Å². The van der Waals surface area contributed by atoms with Crippen LogP contribution < -0.4 is 0 Å². The summed E-state index contributed by atoms with van der Waals surface area (Å²) in [6.45, 7) is 9.63. The van der Waals surface area contributed by atoms with Crippen LogP contribution in [0.5, 0.6) is 0 Å². The first kappa shape index (κ1) is 20.8. The normalized spacial score (nSPS) is 19.5. The lowest BCUT2D eigenvalue weighted by Crippen LogP contribution is -2.29. The quantitative estimate of drug-likeness (QED) is 0.631. The van der Waals surface area contributed by atoms with Crippen molar-refractivity contribution in [2.24, 2.45) is 0 Å². The van der Waals surface area contributed by atoms with E-state index in [2.05, 4.69) is 32.0 Å². The molecule has 28 heavy (non-hydrogen) atoms. The Morgan fingerprint density at radius 2 is 1.50 bits per heavy atom. The molecule has 0 heterocycles. The molecule has 0 fully saturated rings. The third kappa shape index (κ3) is 4.22. The highest BCUT2D eigenvalue weighted by molar-refractivity contribution is 7.91. The molecule has 4 heteroatoms. The Hall–Kier alpha value is -1.94. The number of carbonyl (C=O) groups is 1.